The topological polar surface area (TPSA) is 28.2 Å². The number of nitrogens with one attached hydrogen (secondary N) is 1. The van der Waals surface area contributed by atoms with Gasteiger partial charge in [0.15, 0.2) is 11.6 Å². The van der Waals surface area contributed by atoms with Crippen molar-refractivity contribution in [3.8, 4) is 0 Å². The Hall–Kier alpha value is -2.01. The number of benzene rings is 1. The minimum absolute atomic E-state index is 0.147. The van der Waals surface area contributed by atoms with Crippen LogP contribution in [-0.4, -0.2) is 30.7 Å². The van der Waals surface area contributed by atoms with Crippen LogP contribution >= 0.6 is 0 Å². The van der Waals surface area contributed by atoms with Crippen LogP contribution in [0.5, 0.6) is 0 Å². The summed E-state index contributed by atoms with van der Waals surface area (Å²) >= 11 is 0. The highest BCUT2D eigenvalue weighted by atomic mass is 19.2. The van der Waals surface area contributed by atoms with Gasteiger partial charge in [0.25, 0.3) is 0 Å². The Morgan fingerprint density at radius 2 is 1.96 bits per heavy atom. The zero-order valence-electron chi connectivity index (χ0n) is 13.9. The second-order valence-electron chi connectivity index (χ2n) is 6.43. The molecule has 3 rings (SSSR count). The molecule has 0 saturated carbocycles. The summed E-state index contributed by atoms with van der Waals surface area (Å²) in [6.45, 7) is 4.75. The van der Waals surface area contributed by atoms with Crippen LogP contribution in [-0.2, 0) is 0 Å². The summed E-state index contributed by atoms with van der Waals surface area (Å²) in [5.74, 6) is -0.385. The van der Waals surface area contributed by atoms with E-state index >= 15 is 0 Å². The third-order valence-corrected chi connectivity index (χ3v) is 4.69. The minimum atomic E-state index is -0.791. The maximum absolute atomic E-state index is 13.3. The van der Waals surface area contributed by atoms with E-state index in [1.807, 2.05) is 31.3 Å². The standard InChI is InChI=1S/C19H23F2N3/c1-14(15-5-6-17(20)18(21)12-15)13-23-16-7-10-24(11-8-16)19-4-2-3-9-22-19/h2-6,9,12,14,16,23H,7-8,10-11,13H2,1H3. The van der Waals surface area contributed by atoms with Gasteiger partial charge in [-0.2, -0.15) is 0 Å². The first-order valence-electron chi connectivity index (χ1n) is 8.48. The molecule has 128 valence electrons. The number of hydrogen-bond acceptors (Lipinski definition) is 3. The molecule has 1 aromatic carbocycles. The Kier molecular flexibility index (Phi) is 5.41. The van der Waals surface area contributed by atoms with E-state index in [2.05, 4.69) is 15.2 Å². The molecule has 1 N–H and O–H groups in total. The van der Waals surface area contributed by atoms with Crippen LogP contribution < -0.4 is 10.2 Å². The molecule has 1 fully saturated rings. The zero-order chi connectivity index (χ0) is 16.9. The van der Waals surface area contributed by atoms with Crippen molar-refractivity contribution in [2.75, 3.05) is 24.5 Å². The van der Waals surface area contributed by atoms with Gasteiger partial charge in [0.2, 0.25) is 0 Å². The van der Waals surface area contributed by atoms with Gasteiger partial charge in [0, 0.05) is 31.9 Å². The molecular formula is C19H23F2N3. The first-order chi connectivity index (χ1) is 11.6. The van der Waals surface area contributed by atoms with Gasteiger partial charge in [-0.25, -0.2) is 13.8 Å². The van der Waals surface area contributed by atoms with Gasteiger partial charge >= 0.3 is 0 Å². The lowest BCUT2D eigenvalue weighted by Gasteiger charge is -2.33. The fraction of sp³-hybridized carbons (Fsp3) is 0.421. The van der Waals surface area contributed by atoms with E-state index in [1.165, 1.54) is 12.1 Å². The number of piperidine rings is 1. The lowest BCUT2D eigenvalue weighted by atomic mass is 9.99. The fourth-order valence-electron chi connectivity index (χ4n) is 3.13. The third kappa shape index (κ3) is 4.09. The van der Waals surface area contributed by atoms with Crippen molar-refractivity contribution in [3.63, 3.8) is 0 Å². The molecule has 0 spiro atoms. The maximum Gasteiger partial charge on any atom is 0.159 e. The molecule has 0 bridgehead atoms. The number of hydrogen-bond donors (Lipinski definition) is 1. The van der Waals surface area contributed by atoms with Gasteiger partial charge in [0.1, 0.15) is 5.82 Å². The summed E-state index contributed by atoms with van der Waals surface area (Å²) in [4.78, 5) is 6.70. The number of pyridine rings is 1. The van der Waals surface area contributed by atoms with Crippen LogP contribution in [0, 0.1) is 11.6 Å². The van der Waals surface area contributed by atoms with E-state index in [-0.39, 0.29) is 5.92 Å². The molecular weight excluding hydrogens is 308 g/mol. The lowest BCUT2D eigenvalue weighted by molar-refractivity contribution is 0.404. The number of anilines is 1. The Balaban J connectivity index is 1.47. The van der Waals surface area contributed by atoms with Crippen molar-refractivity contribution < 1.29 is 8.78 Å². The van der Waals surface area contributed by atoms with E-state index in [0.717, 1.165) is 43.9 Å². The average Bonchev–Trinajstić information content (AvgIpc) is 2.63. The summed E-state index contributed by atoms with van der Waals surface area (Å²) in [5.41, 5.74) is 0.826. The van der Waals surface area contributed by atoms with Gasteiger partial charge in [-0.05, 0) is 48.6 Å². The Bertz CT molecular complexity index is 655. The molecule has 2 heterocycles. The van der Waals surface area contributed by atoms with Crippen LogP contribution in [0.15, 0.2) is 42.6 Å². The summed E-state index contributed by atoms with van der Waals surface area (Å²) in [7, 11) is 0. The zero-order valence-corrected chi connectivity index (χ0v) is 13.9. The fourth-order valence-corrected chi connectivity index (χ4v) is 3.13. The maximum atomic E-state index is 13.3. The van der Waals surface area contributed by atoms with Crippen LogP contribution in [0.2, 0.25) is 0 Å². The second-order valence-corrected chi connectivity index (χ2v) is 6.43. The molecule has 0 amide bonds. The first kappa shape index (κ1) is 16.8. The van der Waals surface area contributed by atoms with E-state index in [9.17, 15) is 8.78 Å². The normalized spacial score (nSPS) is 17.0. The van der Waals surface area contributed by atoms with Crippen molar-refractivity contribution in [2.45, 2.75) is 31.7 Å². The largest absolute Gasteiger partial charge is 0.357 e. The smallest absolute Gasteiger partial charge is 0.159 e. The van der Waals surface area contributed by atoms with Gasteiger partial charge in [0.05, 0.1) is 0 Å². The van der Waals surface area contributed by atoms with Crippen molar-refractivity contribution >= 4 is 5.82 Å². The van der Waals surface area contributed by atoms with E-state index in [0.29, 0.717) is 6.04 Å². The molecule has 2 aromatic rings. The summed E-state index contributed by atoms with van der Waals surface area (Å²) in [6.07, 6.45) is 3.94. The minimum Gasteiger partial charge on any atom is -0.357 e. The third-order valence-electron chi connectivity index (χ3n) is 4.69. The average molecular weight is 331 g/mol. The molecule has 1 aliphatic heterocycles. The summed E-state index contributed by atoms with van der Waals surface area (Å²) < 4.78 is 26.3. The number of nitrogens with zero attached hydrogens (tertiary/aromatic N) is 2. The molecule has 5 heteroatoms. The second kappa shape index (κ2) is 7.71. The number of rotatable bonds is 5. The molecule has 1 aromatic heterocycles. The molecule has 1 unspecified atom stereocenters. The van der Waals surface area contributed by atoms with Gasteiger partial charge in [-0.1, -0.05) is 19.1 Å². The molecule has 0 radical (unpaired) electrons. The van der Waals surface area contributed by atoms with Crippen LogP contribution in [0.25, 0.3) is 0 Å². The SMILES string of the molecule is CC(CNC1CCN(c2ccccn2)CC1)c1ccc(F)c(F)c1. The molecule has 3 nitrogen and oxygen atoms in total. The van der Waals surface area contributed by atoms with Crippen LogP contribution in [0.1, 0.15) is 31.2 Å². The monoisotopic (exact) mass is 331 g/mol. The van der Waals surface area contributed by atoms with Crippen molar-refractivity contribution in [1.82, 2.24) is 10.3 Å². The predicted molar refractivity (Wildman–Crippen MR) is 92.2 cm³/mol. The van der Waals surface area contributed by atoms with Crippen molar-refractivity contribution in [3.05, 3.63) is 59.8 Å². The van der Waals surface area contributed by atoms with Crippen molar-refractivity contribution in [2.24, 2.45) is 0 Å². The molecule has 24 heavy (non-hydrogen) atoms. The lowest BCUT2D eigenvalue weighted by Crippen LogP contribution is -2.43. The summed E-state index contributed by atoms with van der Waals surface area (Å²) in [5, 5.41) is 3.56. The Morgan fingerprint density at radius 3 is 2.62 bits per heavy atom. The van der Waals surface area contributed by atoms with Crippen LogP contribution in [0.4, 0.5) is 14.6 Å². The van der Waals surface area contributed by atoms with Gasteiger partial charge in [-0.15, -0.1) is 0 Å². The number of aromatic nitrogens is 1. The Morgan fingerprint density at radius 1 is 1.17 bits per heavy atom. The predicted octanol–water partition coefficient (Wildman–Crippen LogP) is 3.72. The summed E-state index contributed by atoms with van der Waals surface area (Å²) in [6, 6.07) is 10.6. The number of halogens is 2. The molecule has 1 atom stereocenters. The first-order valence-corrected chi connectivity index (χ1v) is 8.48. The highest BCUT2D eigenvalue weighted by Gasteiger charge is 2.20. The van der Waals surface area contributed by atoms with E-state index in [1.54, 1.807) is 6.07 Å². The van der Waals surface area contributed by atoms with Crippen LogP contribution in [0.3, 0.4) is 0 Å². The molecule has 1 saturated heterocycles. The van der Waals surface area contributed by atoms with E-state index in [4.69, 9.17) is 0 Å². The van der Waals surface area contributed by atoms with Gasteiger partial charge in [-0.3, -0.25) is 0 Å². The van der Waals surface area contributed by atoms with Gasteiger partial charge < -0.3 is 10.2 Å². The highest BCUT2D eigenvalue weighted by molar-refractivity contribution is 5.38. The van der Waals surface area contributed by atoms with Crippen molar-refractivity contribution in [1.29, 1.82) is 0 Å². The highest BCUT2D eigenvalue weighted by Crippen LogP contribution is 2.20. The molecule has 0 aliphatic carbocycles. The van der Waals surface area contributed by atoms with E-state index < -0.39 is 11.6 Å². The quantitative estimate of drug-likeness (QED) is 0.905. The Labute approximate surface area is 141 Å². The molecule has 1 aliphatic rings.